The summed E-state index contributed by atoms with van der Waals surface area (Å²) in [6.07, 6.45) is 2.21. The smallest absolute Gasteiger partial charge is 0.251 e. The van der Waals surface area contributed by atoms with E-state index in [0.717, 1.165) is 29.5 Å². The Labute approximate surface area is 188 Å². The molecule has 2 fully saturated rings. The number of hydrazine groups is 1. The Kier molecular flexibility index (Phi) is 6.60. The Hall–Kier alpha value is -2.41. The zero-order valence-corrected chi connectivity index (χ0v) is 18.7. The average Bonchev–Trinajstić information content (AvgIpc) is 3.23. The van der Waals surface area contributed by atoms with Gasteiger partial charge in [-0.25, -0.2) is 10.9 Å². The fraction of sp³-hybridized carbons (Fsp3) is 0.417. The highest BCUT2D eigenvalue weighted by Crippen LogP contribution is 2.26. The number of rotatable bonds is 4. The van der Waals surface area contributed by atoms with Crippen molar-refractivity contribution in [1.82, 2.24) is 21.1 Å². The number of carbonyl (C=O) groups excluding carboxylic acids is 2. The molecule has 4 rings (SSSR count). The van der Waals surface area contributed by atoms with Crippen LogP contribution in [0.5, 0.6) is 0 Å². The molecular weight excluding hydrogens is 412 g/mol. The number of halogens is 1. The third-order valence-corrected chi connectivity index (χ3v) is 6.31. The van der Waals surface area contributed by atoms with E-state index in [4.69, 9.17) is 11.6 Å². The van der Waals surface area contributed by atoms with E-state index in [1.54, 1.807) is 0 Å². The van der Waals surface area contributed by atoms with Crippen molar-refractivity contribution in [2.45, 2.75) is 51.2 Å². The monoisotopic (exact) mass is 440 g/mol. The van der Waals surface area contributed by atoms with Gasteiger partial charge in [0, 0.05) is 35.8 Å². The molecule has 2 aromatic rings. The molecular formula is C24H29ClN4O2. The van der Waals surface area contributed by atoms with Gasteiger partial charge in [0.1, 0.15) is 6.04 Å². The van der Waals surface area contributed by atoms with E-state index in [2.05, 4.69) is 22.2 Å². The summed E-state index contributed by atoms with van der Waals surface area (Å²) >= 11 is 6.09. The van der Waals surface area contributed by atoms with Crippen molar-refractivity contribution in [3.05, 3.63) is 69.7 Å². The molecule has 31 heavy (non-hydrogen) atoms. The largest absolute Gasteiger partial charge is 0.349 e. The molecule has 2 amide bonds. The standard InChI is InChI=1S/C24H29ClN4O2/c1-15-10-16(2)12-18(11-15)23(30)26-20-6-8-29(9-7-20)24(31)22-14-21(27-28-22)17-4-3-5-19(25)13-17/h3-5,10-13,20-22,27-28H,6-9,14H2,1-2H3,(H,26,30). The van der Waals surface area contributed by atoms with E-state index in [-0.39, 0.29) is 29.9 Å². The van der Waals surface area contributed by atoms with Gasteiger partial charge >= 0.3 is 0 Å². The first-order valence-electron chi connectivity index (χ1n) is 10.8. The summed E-state index contributed by atoms with van der Waals surface area (Å²) in [5.41, 5.74) is 10.3. The number of amides is 2. The van der Waals surface area contributed by atoms with Gasteiger partial charge < -0.3 is 10.2 Å². The molecule has 0 bridgehead atoms. The number of hydrogen-bond donors (Lipinski definition) is 3. The third kappa shape index (κ3) is 5.26. The van der Waals surface area contributed by atoms with Gasteiger partial charge in [0.25, 0.3) is 5.91 Å². The summed E-state index contributed by atoms with van der Waals surface area (Å²) in [6.45, 7) is 5.29. The summed E-state index contributed by atoms with van der Waals surface area (Å²) in [7, 11) is 0. The van der Waals surface area contributed by atoms with E-state index in [0.29, 0.717) is 30.1 Å². The fourth-order valence-corrected chi connectivity index (χ4v) is 4.70. The van der Waals surface area contributed by atoms with Crippen LogP contribution in [0.25, 0.3) is 0 Å². The Morgan fingerprint density at radius 1 is 1.03 bits per heavy atom. The summed E-state index contributed by atoms with van der Waals surface area (Å²) in [5.74, 6) is 0.0683. The first-order valence-corrected chi connectivity index (χ1v) is 11.2. The molecule has 2 saturated heterocycles. The minimum Gasteiger partial charge on any atom is -0.349 e. The highest BCUT2D eigenvalue weighted by Gasteiger charge is 2.34. The lowest BCUT2D eigenvalue weighted by Gasteiger charge is -2.33. The maximum Gasteiger partial charge on any atom is 0.251 e. The lowest BCUT2D eigenvalue weighted by Crippen LogP contribution is -2.51. The second-order valence-corrected chi connectivity index (χ2v) is 9.07. The van der Waals surface area contributed by atoms with Gasteiger partial charge in [-0.3, -0.25) is 9.59 Å². The molecule has 2 aromatic carbocycles. The average molecular weight is 441 g/mol. The van der Waals surface area contributed by atoms with Crippen molar-refractivity contribution in [3.63, 3.8) is 0 Å². The second kappa shape index (κ2) is 9.39. The number of nitrogens with zero attached hydrogens (tertiary/aromatic N) is 1. The Morgan fingerprint density at radius 3 is 2.42 bits per heavy atom. The number of nitrogens with one attached hydrogen (secondary N) is 3. The van der Waals surface area contributed by atoms with Gasteiger partial charge in [-0.1, -0.05) is 40.9 Å². The summed E-state index contributed by atoms with van der Waals surface area (Å²) in [6, 6.07) is 13.5. The topological polar surface area (TPSA) is 73.5 Å². The lowest BCUT2D eigenvalue weighted by atomic mass is 9.99. The van der Waals surface area contributed by atoms with Crippen LogP contribution in [0.4, 0.5) is 0 Å². The summed E-state index contributed by atoms with van der Waals surface area (Å²) < 4.78 is 0. The van der Waals surface area contributed by atoms with Gasteiger partial charge in [-0.2, -0.15) is 0 Å². The zero-order valence-electron chi connectivity index (χ0n) is 18.0. The van der Waals surface area contributed by atoms with Crippen LogP contribution in [0.2, 0.25) is 5.02 Å². The molecule has 0 saturated carbocycles. The van der Waals surface area contributed by atoms with Crippen LogP contribution in [-0.2, 0) is 4.79 Å². The van der Waals surface area contributed by atoms with Gasteiger partial charge in [-0.15, -0.1) is 0 Å². The van der Waals surface area contributed by atoms with E-state index in [1.807, 2.05) is 55.1 Å². The Bertz CT molecular complexity index is 952. The molecule has 7 heteroatoms. The van der Waals surface area contributed by atoms with Crippen molar-refractivity contribution in [2.24, 2.45) is 0 Å². The Balaban J connectivity index is 1.28. The van der Waals surface area contributed by atoms with Crippen molar-refractivity contribution < 1.29 is 9.59 Å². The van der Waals surface area contributed by atoms with E-state index < -0.39 is 0 Å². The minimum absolute atomic E-state index is 0.0393. The molecule has 0 spiro atoms. The van der Waals surface area contributed by atoms with E-state index >= 15 is 0 Å². The van der Waals surface area contributed by atoms with Gasteiger partial charge in [-0.05, 0) is 62.9 Å². The molecule has 2 aliphatic rings. The van der Waals surface area contributed by atoms with Crippen LogP contribution in [0.3, 0.4) is 0 Å². The van der Waals surface area contributed by atoms with Crippen LogP contribution < -0.4 is 16.2 Å². The minimum atomic E-state index is -0.259. The molecule has 2 atom stereocenters. The SMILES string of the molecule is Cc1cc(C)cc(C(=O)NC2CCN(C(=O)C3CC(c4cccc(Cl)c4)NN3)CC2)c1. The fourth-order valence-electron chi connectivity index (χ4n) is 4.50. The third-order valence-electron chi connectivity index (χ3n) is 6.08. The van der Waals surface area contributed by atoms with Crippen molar-refractivity contribution in [3.8, 4) is 0 Å². The zero-order chi connectivity index (χ0) is 22.0. The number of carbonyl (C=O) groups is 2. The molecule has 2 aliphatic heterocycles. The number of benzene rings is 2. The van der Waals surface area contributed by atoms with Crippen LogP contribution in [0.1, 0.15) is 52.4 Å². The van der Waals surface area contributed by atoms with Crippen LogP contribution >= 0.6 is 11.6 Å². The van der Waals surface area contributed by atoms with Crippen molar-refractivity contribution >= 4 is 23.4 Å². The lowest BCUT2D eigenvalue weighted by molar-refractivity contribution is -0.134. The highest BCUT2D eigenvalue weighted by atomic mass is 35.5. The molecule has 6 nitrogen and oxygen atoms in total. The number of aryl methyl sites for hydroxylation is 2. The van der Waals surface area contributed by atoms with Crippen molar-refractivity contribution in [2.75, 3.05) is 13.1 Å². The van der Waals surface area contributed by atoms with Gasteiger partial charge in [0.05, 0.1) is 0 Å². The summed E-state index contributed by atoms with van der Waals surface area (Å²) in [4.78, 5) is 27.5. The quantitative estimate of drug-likeness (QED) is 0.682. The van der Waals surface area contributed by atoms with E-state index in [9.17, 15) is 9.59 Å². The molecule has 2 heterocycles. The first-order chi connectivity index (χ1) is 14.9. The Morgan fingerprint density at radius 2 is 1.74 bits per heavy atom. The molecule has 3 N–H and O–H groups in total. The van der Waals surface area contributed by atoms with E-state index in [1.165, 1.54) is 0 Å². The second-order valence-electron chi connectivity index (χ2n) is 8.63. The first kappa shape index (κ1) is 21.8. The van der Waals surface area contributed by atoms with Crippen LogP contribution in [0.15, 0.2) is 42.5 Å². The normalized spacial score (nSPS) is 21.8. The molecule has 0 aliphatic carbocycles. The molecule has 0 radical (unpaired) electrons. The maximum absolute atomic E-state index is 13.0. The maximum atomic E-state index is 13.0. The number of hydrogen-bond acceptors (Lipinski definition) is 4. The van der Waals surface area contributed by atoms with Crippen molar-refractivity contribution in [1.29, 1.82) is 0 Å². The predicted molar refractivity (Wildman–Crippen MR) is 122 cm³/mol. The highest BCUT2D eigenvalue weighted by molar-refractivity contribution is 6.30. The van der Waals surface area contributed by atoms with Crippen LogP contribution in [-0.4, -0.2) is 41.9 Å². The molecule has 164 valence electrons. The number of piperidine rings is 1. The van der Waals surface area contributed by atoms with Crippen LogP contribution in [0, 0.1) is 13.8 Å². The van der Waals surface area contributed by atoms with Gasteiger partial charge in [0.2, 0.25) is 5.91 Å². The molecule has 0 aromatic heterocycles. The van der Waals surface area contributed by atoms with Gasteiger partial charge in [0.15, 0.2) is 0 Å². The summed E-state index contributed by atoms with van der Waals surface area (Å²) in [5, 5.41) is 3.83. The molecule has 2 unspecified atom stereocenters. The number of likely N-dealkylation sites (tertiary alicyclic amines) is 1. The predicted octanol–water partition coefficient (Wildman–Crippen LogP) is 3.29.